The van der Waals surface area contributed by atoms with Crippen molar-refractivity contribution < 1.29 is 0 Å². The Balaban J connectivity index is 2.20. The van der Waals surface area contributed by atoms with Crippen LogP contribution in [0, 0.1) is 0 Å². The number of hydrogen-bond acceptors (Lipinski definition) is 2. The van der Waals surface area contributed by atoms with Gasteiger partial charge in [-0.1, -0.05) is 48.5 Å². The molecule has 0 aliphatic rings. The van der Waals surface area contributed by atoms with E-state index in [0.717, 1.165) is 20.9 Å². The van der Waals surface area contributed by atoms with Crippen molar-refractivity contribution in [1.29, 1.82) is 0 Å². The molecular weight excluding hydrogens is 354 g/mol. The average Bonchev–Trinajstić information content (AvgIpc) is 2.43. The largest absolute Gasteiger partial charge is 0.310 e. The zero-order chi connectivity index (χ0) is 14.5. The summed E-state index contributed by atoms with van der Waals surface area (Å²) in [4.78, 5) is 2.24. The van der Waals surface area contributed by atoms with Gasteiger partial charge in [0.05, 0.1) is 5.02 Å². The van der Waals surface area contributed by atoms with Crippen LogP contribution in [0.1, 0.15) is 25.5 Å². The van der Waals surface area contributed by atoms with Gasteiger partial charge in [-0.2, -0.15) is 0 Å². The number of nitrogens with one attached hydrogen (secondary N) is 1. The third-order valence-corrected chi connectivity index (χ3v) is 5.55. The van der Waals surface area contributed by atoms with Crippen LogP contribution in [0.25, 0.3) is 0 Å². The van der Waals surface area contributed by atoms with Gasteiger partial charge in [0.2, 0.25) is 0 Å². The van der Waals surface area contributed by atoms with E-state index < -0.39 is 0 Å². The molecule has 2 rings (SSSR count). The molecule has 106 valence electrons. The van der Waals surface area contributed by atoms with Crippen molar-refractivity contribution in [1.82, 2.24) is 5.32 Å². The van der Waals surface area contributed by atoms with E-state index in [2.05, 4.69) is 53.3 Å². The molecule has 0 aliphatic carbocycles. The van der Waals surface area contributed by atoms with Gasteiger partial charge < -0.3 is 5.32 Å². The Bertz CT molecular complexity index is 588. The van der Waals surface area contributed by atoms with Crippen molar-refractivity contribution in [3.63, 3.8) is 0 Å². The Morgan fingerprint density at radius 1 is 1.20 bits per heavy atom. The fourth-order valence-electron chi connectivity index (χ4n) is 1.94. The first-order valence-corrected chi connectivity index (χ1v) is 8.55. The lowest BCUT2D eigenvalue weighted by Crippen LogP contribution is -2.17. The number of benzene rings is 2. The molecule has 1 N–H and O–H groups in total. The van der Waals surface area contributed by atoms with Crippen LogP contribution in [-0.4, -0.2) is 6.54 Å². The smallest absolute Gasteiger partial charge is 0.0548 e. The molecule has 0 saturated heterocycles. The van der Waals surface area contributed by atoms with Crippen LogP contribution in [0.2, 0.25) is 5.02 Å². The zero-order valence-corrected chi connectivity index (χ0v) is 14.6. The molecule has 2 aromatic carbocycles. The van der Waals surface area contributed by atoms with Gasteiger partial charge in [-0.05, 0) is 59.2 Å². The standard InChI is InChI=1S/C16H17BrClNS/c1-3-19-11(2)12-8-9-16(14(18)10-12)20-15-7-5-4-6-13(15)17/h4-11,19H,3H2,1-2H3. The maximum absolute atomic E-state index is 6.41. The number of rotatable bonds is 5. The third kappa shape index (κ3) is 4.01. The summed E-state index contributed by atoms with van der Waals surface area (Å²) in [6, 6.07) is 14.8. The summed E-state index contributed by atoms with van der Waals surface area (Å²) in [6.07, 6.45) is 0. The van der Waals surface area contributed by atoms with E-state index >= 15 is 0 Å². The van der Waals surface area contributed by atoms with Crippen molar-refractivity contribution in [3.05, 3.63) is 57.5 Å². The van der Waals surface area contributed by atoms with Gasteiger partial charge in [0.1, 0.15) is 0 Å². The van der Waals surface area contributed by atoms with Gasteiger partial charge in [0, 0.05) is 20.3 Å². The number of hydrogen-bond donors (Lipinski definition) is 1. The molecule has 0 aliphatic heterocycles. The SMILES string of the molecule is CCNC(C)c1ccc(Sc2ccccc2Br)c(Cl)c1. The molecule has 1 nitrogen and oxygen atoms in total. The van der Waals surface area contributed by atoms with Gasteiger partial charge >= 0.3 is 0 Å². The first kappa shape index (κ1) is 15.9. The van der Waals surface area contributed by atoms with Gasteiger partial charge in [-0.15, -0.1) is 0 Å². The minimum absolute atomic E-state index is 0.319. The first-order valence-electron chi connectivity index (χ1n) is 6.57. The van der Waals surface area contributed by atoms with Gasteiger partial charge in [0.15, 0.2) is 0 Å². The topological polar surface area (TPSA) is 12.0 Å². The van der Waals surface area contributed by atoms with Gasteiger partial charge in [-0.3, -0.25) is 0 Å². The molecule has 0 bridgehead atoms. The summed E-state index contributed by atoms with van der Waals surface area (Å²) in [5, 5.41) is 4.19. The van der Waals surface area contributed by atoms with E-state index in [9.17, 15) is 0 Å². The van der Waals surface area contributed by atoms with Crippen molar-refractivity contribution in [2.45, 2.75) is 29.7 Å². The minimum atomic E-state index is 0.319. The Morgan fingerprint density at radius 3 is 2.60 bits per heavy atom. The van der Waals surface area contributed by atoms with E-state index in [0.29, 0.717) is 6.04 Å². The molecule has 20 heavy (non-hydrogen) atoms. The summed E-state index contributed by atoms with van der Waals surface area (Å²) in [6.45, 7) is 5.21. The summed E-state index contributed by atoms with van der Waals surface area (Å²) in [5.74, 6) is 0. The molecule has 0 radical (unpaired) electrons. The van der Waals surface area contributed by atoms with Gasteiger partial charge in [-0.25, -0.2) is 0 Å². The third-order valence-electron chi connectivity index (χ3n) is 3.02. The van der Waals surface area contributed by atoms with E-state index in [1.165, 1.54) is 10.5 Å². The molecule has 0 spiro atoms. The van der Waals surface area contributed by atoms with Gasteiger partial charge in [0.25, 0.3) is 0 Å². The summed E-state index contributed by atoms with van der Waals surface area (Å²) < 4.78 is 1.09. The van der Waals surface area contributed by atoms with Crippen LogP contribution in [0.3, 0.4) is 0 Å². The summed E-state index contributed by atoms with van der Waals surface area (Å²) in [5.41, 5.74) is 1.22. The summed E-state index contributed by atoms with van der Waals surface area (Å²) >= 11 is 11.6. The maximum Gasteiger partial charge on any atom is 0.0548 e. The van der Waals surface area contributed by atoms with Crippen molar-refractivity contribution >= 4 is 39.3 Å². The van der Waals surface area contributed by atoms with E-state index in [1.54, 1.807) is 11.8 Å². The fourth-order valence-corrected chi connectivity index (χ4v) is 3.61. The van der Waals surface area contributed by atoms with Crippen LogP contribution in [0.15, 0.2) is 56.7 Å². The Morgan fingerprint density at radius 2 is 1.95 bits per heavy atom. The average molecular weight is 371 g/mol. The highest BCUT2D eigenvalue weighted by molar-refractivity contribution is 9.10. The molecule has 0 fully saturated rings. The molecule has 0 aromatic heterocycles. The molecule has 0 saturated carbocycles. The lowest BCUT2D eigenvalue weighted by atomic mass is 10.1. The van der Waals surface area contributed by atoms with Crippen LogP contribution >= 0.6 is 39.3 Å². The van der Waals surface area contributed by atoms with Crippen LogP contribution < -0.4 is 5.32 Å². The second kappa shape index (κ2) is 7.51. The number of halogens is 2. The van der Waals surface area contributed by atoms with Crippen molar-refractivity contribution in [3.8, 4) is 0 Å². The Kier molecular flexibility index (Phi) is 5.97. The van der Waals surface area contributed by atoms with E-state index in [1.807, 2.05) is 24.3 Å². The lowest BCUT2D eigenvalue weighted by Gasteiger charge is -2.14. The fraction of sp³-hybridized carbons (Fsp3) is 0.250. The monoisotopic (exact) mass is 369 g/mol. The Hall–Kier alpha value is -0.480. The predicted molar refractivity (Wildman–Crippen MR) is 91.8 cm³/mol. The molecule has 0 amide bonds. The lowest BCUT2D eigenvalue weighted by molar-refractivity contribution is 0.598. The molecule has 4 heteroatoms. The quantitative estimate of drug-likeness (QED) is 0.700. The minimum Gasteiger partial charge on any atom is -0.310 e. The van der Waals surface area contributed by atoms with Crippen molar-refractivity contribution in [2.75, 3.05) is 6.54 Å². The molecule has 0 heterocycles. The second-order valence-corrected chi connectivity index (χ2v) is 6.85. The zero-order valence-electron chi connectivity index (χ0n) is 11.5. The predicted octanol–water partition coefficient (Wildman–Crippen LogP) is 5.92. The van der Waals surface area contributed by atoms with Crippen LogP contribution in [0.4, 0.5) is 0 Å². The highest BCUT2D eigenvalue weighted by Gasteiger charge is 2.09. The molecule has 1 atom stereocenters. The van der Waals surface area contributed by atoms with Crippen molar-refractivity contribution in [2.24, 2.45) is 0 Å². The summed E-state index contributed by atoms with van der Waals surface area (Å²) in [7, 11) is 0. The van der Waals surface area contributed by atoms with Crippen LogP contribution in [0.5, 0.6) is 0 Å². The Labute approximate surface area is 138 Å². The molecule has 2 aromatic rings. The first-order chi connectivity index (χ1) is 9.61. The highest BCUT2D eigenvalue weighted by Crippen LogP contribution is 2.37. The molecule has 1 unspecified atom stereocenters. The second-order valence-electron chi connectivity index (χ2n) is 4.50. The van der Waals surface area contributed by atoms with E-state index in [-0.39, 0.29) is 0 Å². The van der Waals surface area contributed by atoms with E-state index in [4.69, 9.17) is 11.6 Å². The van der Waals surface area contributed by atoms with Crippen LogP contribution in [-0.2, 0) is 0 Å². The normalized spacial score (nSPS) is 12.4. The molecular formula is C16H17BrClNS. The highest BCUT2D eigenvalue weighted by atomic mass is 79.9. The maximum atomic E-state index is 6.41.